The summed E-state index contributed by atoms with van der Waals surface area (Å²) < 4.78 is 13.9. The average Bonchev–Trinajstić information content (AvgIpc) is 2.67. The zero-order valence-corrected chi connectivity index (χ0v) is 10.7. The second-order valence-electron chi connectivity index (χ2n) is 4.86. The van der Waals surface area contributed by atoms with Gasteiger partial charge in [-0.05, 0) is 24.7 Å². The summed E-state index contributed by atoms with van der Waals surface area (Å²) in [4.78, 5) is 11.0. The SMILES string of the molecule is CCC1(C)CCc2c(C(=O)O)nn(SF)c2C1. The fourth-order valence-corrected chi connectivity index (χ4v) is 2.72. The number of fused-ring (bicyclic) bond motifs is 1. The smallest absolute Gasteiger partial charge is 0.356 e. The molecule has 0 bridgehead atoms. The Bertz CT molecular complexity index is 461. The fourth-order valence-electron chi connectivity index (χ4n) is 2.35. The zero-order valence-electron chi connectivity index (χ0n) is 9.86. The third kappa shape index (κ3) is 2.06. The molecule has 17 heavy (non-hydrogen) atoms. The minimum Gasteiger partial charge on any atom is -0.476 e. The van der Waals surface area contributed by atoms with Crippen molar-refractivity contribution in [2.45, 2.75) is 39.5 Å². The van der Waals surface area contributed by atoms with Gasteiger partial charge in [0.2, 0.25) is 0 Å². The van der Waals surface area contributed by atoms with Gasteiger partial charge in [-0.25, -0.2) is 4.79 Å². The molecule has 1 aromatic rings. The van der Waals surface area contributed by atoms with Crippen molar-refractivity contribution in [2.75, 3.05) is 0 Å². The van der Waals surface area contributed by atoms with E-state index in [-0.39, 0.29) is 23.4 Å². The molecule has 1 aliphatic carbocycles. The van der Waals surface area contributed by atoms with Crippen molar-refractivity contribution < 1.29 is 13.8 Å². The van der Waals surface area contributed by atoms with Gasteiger partial charge >= 0.3 is 5.97 Å². The van der Waals surface area contributed by atoms with Crippen LogP contribution in [0.1, 0.15) is 48.4 Å². The van der Waals surface area contributed by atoms with Gasteiger partial charge in [0, 0.05) is 5.56 Å². The number of hydrogen-bond acceptors (Lipinski definition) is 3. The Hall–Kier alpha value is -1.04. The van der Waals surface area contributed by atoms with Crippen molar-refractivity contribution in [1.82, 2.24) is 9.19 Å². The third-order valence-corrected chi connectivity index (χ3v) is 4.18. The third-order valence-electron chi connectivity index (χ3n) is 3.75. The van der Waals surface area contributed by atoms with Crippen molar-refractivity contribution in [3.63, 3.8) is 0 Å². The Morgan fingerprint density at radius 2 is 2.41 bits per heavy atom. The maximum absolute atomic E-state index is 12.8. The van der Waals surface area contributed by atoms with Crippen LogP contribution in [-0.4, -0.2) is 20.3 Å². The number of hydrogen-bond donors (Lipinski definition) is 1. The normalized spacial score (nSPS) is 23.5. The summed E-state index contributed by atoms with van der Waals surface area (Å²) in [5.74, 6) is -1.07. The molecule has 1 atom stereocenters. The van der Waals surface area contributed by atoms with Crippen LogP contribution in [0.2, 0.25) is 0 Å². The van der Waals surface area contributed by atoms with E-state index in [0.717, 1.165) is 22.6 Å². The quantitative estimate of drug-likeness (QED) is 0.905. The summed E-state index contributed by atoms with van der Waals surface area (Å²) in [6.07, 6.45) is 3.29. The van der Waals surface area contributed by atoms with E-state index in [2.05, 4.69) is 18.9 Å². The van der Waals surface area contributed by atoms with Crippen LogP contribution in [0.25, 0.3) is 0 Å². The molecule has 0 saturated carbocycles. The minimum atomic E-state index is -1.07. The lowest BCUT2D eigenvalue weighted by Gasteiger charge is -2.32. The van der Waals surface area contributed by atoms with Gasteiger partial charge in [0.25, 0.3) is 0 Å². The largest absolute Gasteiger partial charge is 0.476 e. The molecule has 2 rings (SSSR count). The topological polar surface area (TPSA) is 55.1 Å². The summed E-state index contributed by atoms with van der Waals surface area (Å²) in [7, 11) is 0. The molecule has 6 heteroatoms. The number of halogens is 1. The number of rotatable bonds is 3. The first kappa shape index (κ1) is 12.4. The van der Waals surface area contributed by atoms with Gasteiger partial charge in [0.05, 0.1) is 5.69 Å². The molecule has 94 valence electrons. The molecule has 0 fully saturated rings. The van der Waals surface area contributed by atoms with Gasteiger partial charge in [0.15, 0.2) is 18.0 Å². The van der Waals surface area contributed by atoms with E-state index in [1.807, 2.05) is 0 Å². The van der Waals surface area contributed by atoms with Crippen molar-refractivity contribution in [2.24, 2.45) is 5.41 Å². The van der Waals surface area contributed by atoms with Crippen molar-refractivity contribution in [3.05, 3.63) is 17.0 Å². The summed E-state index contributed by atoms with van der Waals surface area (Å²) >= 11 is -0.0249. The minimum absolute atomic E-state index is 0.00306. The first-order valence-electron chi connectivity index (χ1n) is 5.64. The fraction of sp³-hybridized carbons (Fsp3) is 0.636. The molecule has 0 amide bonds. The van der Waals surface area contributed by atoms with Crippen LogP contribution in [0.5, 0.6) is 0 Å². The number of aromatic nitrogens is 2. The van der Waals surface area contributed by atoms with E-state index in [4.69, 9.17) is 5.11 Å². The van der Waals surface area contributed by atoms with Crippen LogP contribution >= 0.6 is 12.3 Å². The zero-order chi connectivity index (χ0) is 12.6. The molecule has 0 radical (unpaired) electrons. The van der Waals surface area contributed by atoms with E-state index in [1.54, 1.807) is 0 Å². The highest BCUT2D eigenvalue weighted by molar-refractivity contribution is 7.92. The van der Waals surface area contributed by atoms with Gasteiger partial charge < -0.3 is 5.11 Å². The summed E-state index contributed by atoms with van der Waals surface area (Å²) in [5.41, 5.74) is 1.55. The van der Waals surface area contributed by atoms with Crippen molar-refractivity contribution >= 4 is 18.3 Å². The number of carboxylic acid groups (broad SMARTS) is 1. The van der Waals surface area contributed by atoms with E-state index < -0.39 is 5.97 Å². The Labute approximate surface area is 104 Å². The molecule has 1 N–H and O–H groups in total. The lowest BCUT2D eigenvalue weighted by molar-refractivity contribution is 0.0688. The van der Waals surface area contributed by atoms with Crippen LogP contribution in [-0.2, 0) is 12.8 Å². The molecule has 1 unspecified atom stereocenters. The van der Waals surface area contributed by atoms with Crippen LogP contribution in [0, 0.1) is 5.41 Å². The van der Waals surface area contributed by atoms with Gasteiger partial charge in [-0.3, -0.25) is 0 Å². The molecule has 0 spiro atoms. The first-order chi connectivity index (χ1) is 8.00. The molecule has 1 aliphatic rings. The molecule has 4 nitrogen and oxygen atoms in total. The van der Waals surface area contributed by atoms with Crippen LogP contribution in [0.15, 0.2) is 0 Å². The monoisotopic (exact) mass is 258 g/mol. The predicted molar refractivity (Wildman–Crippen MR) is 63.7 cm³/mol. The second-order valence-corrected chi connectivity index (χ2v) is 5.35. The first-order valence-corrected chi connectivity index (χ1v) is 6.31. The Morgan fingerprint density at radius 3 is 2.94 bits per heavy atom. The average molecular weight is 258 g/mol. The Balaban J connectivity index is 2.47. The highest BCUT2D eigenvalue weighted by atomic mass is 32.2. The van der Waals surface area contributed by atoms with Gasteiger partial charge in [0.1, 0.15) is 0 Å². The molecular formula is C11H15FN2O2S. The summed E-state index contributed by atoms with van der Waals surface area (Å²) in [6, 6.07) is 0. The van der Waals surface area contributed by atoms with Crippen molar-refractivity contribution in [1.29, 1.82) is 0 Å². The van der Waals surface area contributed by atoms with E-state index in [9.17, 15) is 8.68 Å². The molecule has 1 heterocycles. The number of nitrogens with zero attached hydrogens (tertiary/aromatic N) is 2. The molecule has 0 aliphatic heterocycles. The number of carboxylic acids is 1. The number of aromatic carboxylic acids is 1. The van der Waals surface area contributed by atoms with E-state index in [0.29, 0.717) is 18.4 Å². The maximum atomic E-state index is 12.8. The van der Waals surface area contributed by atoms with E-state index in [1.165, 1.54) is 0 Å². The summed E-state index contributed by atoms with van der Waals surface area (Å²) in [5, 5.41) is 12.8. The van der Waals surface area contributed by atoms with Gasteiger partial charge in [-0.1, -0.05) is 20.3 Å². The standard InChI is InChI=1S/C11H15FN2O2S/c1-3-11(2)5-4-7-8(6-11)14(17-12)13-9(7)10(15)16/h3-6H2,1-2H3,(H,15,16). The Morgan fingerprint density at radius 1 is 1.71 bits per heavy atom. The van der Waals surface area contributed by atoms with Crippen molar-refractivity contribution in [3.8, 4) is 0 Å². The highest BCUT2D eigenvalue weighted by Crippen LogP contribution is 2.39. The van der Waals surface area contributed by atoms with Gasteiger partial charge in [-0.2, -0.15) is 9.19 Å². The molecular weight excluding hydrogens is 243 g/mol. The maximum Gasteiger partial charge on any atom is 0.356 e. The number of carbonyl (C=O) groups is 1. The predicted octanol–water partition coefficient (Wildman–Crippen LogP) is 2.87. The second kappa shape index (κ2) is 4.33. The molecule has 1 aromatic heterocycles. The Kier molecular flexibility index (Phi) is 3.16. The van der Waals surface area contributed by atoms with E-state index >= 15 is 0 Å². The molecule has 0 aromatic carbocycles. The lowest BCUT2D eigenvalue weighted by atomic mass is 9.73. The van der Waals surface area contributed by atoms with Gasteiger partial charge in [-0.15, -0.1) is 3.89 Å². The summed E-state index contributed by atoms with van der Waals surface area (Å²) in [6.45, 7) is 4.25. The lowest BCUT2D eigenvalue weighted by Crippen LogP contribution is -2.26. The van der Waals surface area contributed by atoms with Crippen LogP contribution in [0.3, 0.4) is 0 Å². The van der Waals surface area contributed by atoms with Crippen LogP contribution in [0.4, 0.5) is 3.89 Å². The highest BCUT2D eigenvalue weighted by Gasteiger charge is 2.34. The van der Waals surface area contributed by atoms with Crippen LogP contribution < -0.4 is 0 Å². The molecule has 0 saturated heterocycles.